The zero-order valence-corrected chi connectivity index (χ0v) is 13.7. The van der Waals surface area contributed by atoms with Crippen LogP contribution in [0.15, 0.2) is 48.5 Å². The molecule has 5 heteroatoms. The van der Waals surface area contributed by atoms with Crippen LogP contribution in [0, 0.1) is 6.92 Å². The van der Waals surface area contributed by atoms with Gasteiger partial charge in [0, 0.05) is 30.2 Å². The standard InChI is InChI=1S/C19H21N3O2/c1-14-6-2-3-7-17(14)21-19(24)18(23)20-15-8-10-16(11-9-15)22-12-4-5-13-22/h2-3,6-11H,4-5,12-13H2,1H3,(H,20,23)(H,21,24). The molecule has 2 aromatic carbocycles. The maximum atomic E-state index is 12.0. The van der Waals surface area contributed by atoms with Gasteiger partial charge in [-0.05, 0) is 55.7 Å². The van der Waals surface area contributed by atoms with Gasteiger partial charge in [0.05, 0.1) is 0 Å². The number of hydrogen-bond acceptors (Lipinski definition) is 3. The van der Waals surface area contributed by atoms with E-state index in [0.717, 1.165) is 24.3 Å². The molecule has 0 aliphatic carbocycles. The molecule has 1 heterocycles. The van der Waals surface area contributed by atoms with Crippen LogP contribution in [0.3, 0.4) is 0 Å². The first-order valence-corrected chi connectivity index (χ1v) is 8.16. The number of aryl methyl sites for hydroxylation is 1. The van der Waals surface area contributed by atoms with Crippen molar-refractivity contribution in [2.45, 2.75) is 19.8 Å². The van der Waals surface area contributed by atoms with Crippen molar-refractivity contribution in [1.29, 1.82) is 0 Å². The zero-order valence-electron chi connectivity index (χ0n) is 13.7. The molecule has 3 rings (SSSR count). The van der Waals surface area contributed by atoms with Gasteiger partial charge in [-0.15, -0.1) is 0 Å². The smallest absolute Gasteiger partial charge is 0.314 e. The van der Waals surface area contributed by atoms with Crippen LogP contribution in [0.25, 0.3) is 0 Å². The Morgan fingerprint density at radius 1 is 0.875 bits per heavy atom. The summed E-state index contributed by atoms with van der Waals surface area (Å²) in [6, 6.07) is 14.9. The maximum absolute atomic E-state index is 12.0. The molecule has 0 saturated carbocycles. The lowest BCUT2D eigenvalue weighted by atomic mass is 10.2. The summed E-state index contributed by atoms with van der Waals surface area (Å²) >= 11 is 0. The number of amides is 2. The van der Waals surface area contributed by atoms with Crippen molar-refractivity contribution < 1.29 is 9.59 Å². The quantitative estimate of drug-likeness (QED) is 0.853. The van der Waals surface area contributed by atoms with E-state index in [2.05, 4.69) is 15.5 Å². The van der Waals surface area contributed by atoms with Gasteiger partial charge in [0.25, 0.3) is 0 Å². The van der Waals surface area contributed by atoms with Gasteiger partial charge in [-0.2, -0.15) is 0 Å². The third kappa shape index (κ3) is 3.74. The molecular weight excluding hydrogens is 302 g/mol. The average Bonchev–Trinajstić information content (AvgIpc) is 3.12. The summed E-state index contributed by atoms with van der Waals surface area (Å²) in [6.45, 7) is 4.03. The van der Waals surface area contributed by atoms with E-state index >= 15 is 0 Å². The number of benzene rings is 2. The highest BCUT2D eigenvalue weighted by Crippen LogP contribution is 2.22. The van der Waals surface area contributed by atoms with E-state index in [1.165, 1.54) is 12.8 Å². The molecule has 0 unspecified atom stereocenters. The van der Waals surface area contributed by atoms with Crippen molar-refractivity contribution in [2.75, 3.05) is 28.6 Å². The van der Waals surface area contributed by atoms with Crippen LogP contribution in [0.2, 0.25) is 0 Å². The van der Waals surface area contributed by atoms with E-state index in [4.69, 9.17) is 0 Å². The predicted octanol–water partition coefficient (Wildman–Crippen LogP) is 3.17. The molecular formula is C19H21N3O2. The van der Waals surface area contributed by atoms with Crippen molar-refractivity contribution in [3.8, 4) is 0 Å². The molecule has 1 fully saturated rings. The van der Waals surface area contributed by atoms with E-state index in [9.17, 15) is 9.59 Å². The minimum atomic E-state index is -0.674. The van der Waals surface area contributed by atoms with Crippen molar-refractivity contribution in [1.82, 2.24) is 0 Å². The van der Waals surface area contributed by atoms with E-state index in [-0.39, 0.29) is 0 Å². The Morgan fingerprint density at radius 3 is 2.17 bits per heavy atom. The Bertz CT molecular complexity index is 735. The van der Waals surface area contributed by atoms with Gasteiger partial charge in [0.2, 0.25) is 0 Å². The Morgan fingerprint density at radius 2 is 1.50 bits per heavy atom. The molecule has 2 aromatic rings. The molecule has 1 saturated heterocycles. The van der Waals surface area contributed by atoms with E-state index in [1.807, 2.05) is 49.4 Å². The molecule has 0 spiro atoms. The molecule has 0 bridgehead atoms. The molecule has 1 aliphatic rings. The third-order valence-electron chi connectivity index (χ3n) is 4.20. The van der Waals surface area contributed by atoms with Gasteiger partial charge in [-0.3, -0.25) is 9.59 Å². The van der Waals surface area contributed by atoms with Crippen LogP contribution < -0.4 is 15.5 Å². The Balaban J connectivity index is 1.59. The number of nitrogens with zero attached hydrogens (tertiary/aromatic N) is 1. The van der Waals surface area contributed by atoms with Gasteiger partial charge >= 0.3 is 11.8 Å². The van der Waals surface area contributed by atoms with Gasteiger partial charge in [0.1, 0.15) is 0 Å². The first kappa shape index (κ1) is 16.1. The van der Waals surface area contributed by atoms with E-state index < -0.39 is 11.8 Å². The molecule has 2 N–H and O–H groups in total. The lowest BCUT2D eigenvalue weighted by molar-refractivity contribution is -0.133. The summed E-state index contributed by atoms with van der Waals surface area (Å²) in [5, 5.41) is 5.26. The van der Waals surface area contributed by atoms with E-state index in [1.54, 1.807) is 6.07 Å². The Labute approximate surface area is 141 Å². The molecule has 0 radical (unpaired) electrons. The number of hydrogen-bond donors (Lipinski definition) is 2. The van der Waals surface area contributed by atoms with Gasteiger partial charge in [0.15, 0.2) is 0 Å². The molecule has 124 valence electrons. The van der Waals surface area contributed by atoms with Crippen LogP contribution >= 0.6 is 0 Å². The minimum absolute atomic E-state index is 0.614. The SMILES string of the molecule is Cc1ccccc1NC(=O)C(=O)Nc1ccc(N2CCCC2)cc1. The number of para-hydroxylation sites is 1. The first-order chi connectivity index (χ1) is 11.6. The third-order valence-corrected chi connectivity index (χ3v) is 4.20. The highest BCUT2D eigenvalue weighted by Gasteiger charge is 2.16. The predicted molar refractivity (Wildman–Crippen MR) is 96.3 cm³/mol. The maximum Gasteiger partial charge on any atom is 0.314 e. The normalized spacial score (nSPS) is 13.6. The summed E-state index contributed by atoms with van der Waals surface area (Å²) in [5.41, 5.74) is 3.31. The number of rotatable bonds is 3. The van der Waals surface area contributed by atoms with Crippen LogP contribution in [0.5, 0.6) is 0 Å². The van der Waals surface area contributed by atoms with Gasteiger partial charge < -0.3 is 15.5 Å². The molecule has 5 nitrogen and oxygen atoms in total. The first-order valence-electron chi connectivity index (χ1n) is 8.16. The summed E-state index contributed by atoms with van der Waals surface area (Å²) in [6.07, 6.45) is 2.44. The lowest BCUT2D eigenvalue weighted by Gasteiger charge is -2.17. The van der Waals surface area contributed by atoms with E-state index in [0.29, 0.717) is 11.4 Å². The fourth-order valence-corrected chi connectivity index (χ4v) is 2.81. The van der Waals surface area contributed by atoms with Crippen molar-refractivity contribution in [2.24, 2.45) is 0 Å². The van der Waals surface area contributed by atoms with Crippen LogP contribution in [0.1, 0.15) is 18.4 Å². The summed E-state index contributed by atoms with van der Waals surface area (Å²) < 4.78 is 0. The second kappa shape index (κ2) is 7.17. The van der Waals surface area contributed by atoms with Crippen LogP contribution in [0.4, 0.5) is 17.1 Å². The summed E-state index contributed by atoms with van der Waals surface area (Å²) in [4.78, 5) is 26.4. The van der Waals surface area contributed by atoms with Crippen molar-refractivity contribution in [3.63, 3.8) is 0 Å². The highest BCUT2D eigenvalue weighted by atomic mass is 16.2. The number of carbonyl (C=O) groups excluding carboxylic acids is 2. The van der Waals surface area contributed by atoms with Crippen molar-refractivity contribution >= 4 is 28.9 Å². The fourth-order valence-electron chi connectivity index (χ4n) is 2.81. The second-order valence-electron chi connectivity index (χ2n) is 5.96. The molecule has 1 aliphatic heterocycles. The zero-order chi connectivity index (χ0) is 16.9. The summed E-state index contributed by atoms with van der Waals surface area (Å²) in [5.74, 6) is -1.35. The monoisotopic (exact) mass is 323 g/mol. The Hall–Kier alpha value is -2.82. The molecule has 0 atom stereocenters. The topological polar surface area (TPSA) is 61.4 Å². The van der Waals surface area contributed by atoms with Gasteiger partial charge in [-0.25, -0.2) is 0 Å². The average molecular weight is 323 g/mol. The molecule has 2 amide bonds. The Kier molecular flexibility index (Phi) is 4.79. The largest absolute Gasteiger partial charge is 0.372 e. The van der Waals surface area contributed by atoms with Crippen molar-refractivity contribution in [3.05, 3.63) is 54.1 Å². The number of nitrogens with one attached hydrogen (secondary N) is 2. The van der Waals surface area contributed by atoms with Crippen LogP contribution in [-0.4, -0.2) is 24.9 Å². The minimum Gasteiger partial charge on any atom is -0.372 e. The lowest BCUT2D eigenvalue weighted by Crippen LogP contribution is -2.29. The van der Waals surface area contributed by atoms with Crippen LogP contribution in [-0.2, 0) is 9.59 Å². The molecule has 0 aromatic heterocycles. The summed E-state index contributed by atoms with van der Waals surface area (Å²) in [7, 11) is 0. The molecule has 24 heavy (non-hydrogen) atoms. The fraction of sp³-hybridized carbons (Fsp3) is 0.263. The second-order valence-corrected chi connectivity index (χ2v) is 5.96. The number of carbonyl (C=O) groups is 2. The number of anilines is 3. The van der Waals surface area contributed by atoms with Gasteiger partial charge in [-0.1, -0.05) is 18.2 Å². The highest BCUT2D eigenvalue weighted by molar-refractivity contribution is 6.43.